The summed E-state index contributed by atoms with van der Waals surface area (Å²) < 4.78 is 0. The molecule has 0 bridgehead atoms. The van der Waals surface area contributed by atoms with E-state index in [0.717, 1.165) is 33.2 Å². The van der Waals surface area contributed by atoms with E-state index in [2.05, 4.69) is 16.0 Å². The zero-order valence-electron chi connectivity index (χ0n) is 11.3. The first-order valence-corrected chi connectivity index (χ1v) is 7.03. The van der Waals surface area contributed by atoms with Crippen LogP contribution in [0.5, 0.6) is 0 Å². The quantitative estimate of drug-likeness (QED) is 0.631. The fraction of sp³-hybridized carbons (Fsp3) is 0.267. The second-order valence-electron chi connectivity index (χ2n) is 4.36. The average molecular weight is 269 g/mol. The molecule has 3 nitrogen and oxygen atoms in total. The van der Waals surface area contributed by atoms with E-state index in [-0.39, 0.29) is 0 Å². The molecule has 0 aliphatic carbocycles. The van der Waals surface area contributed by atoms with E-state index in [0.29, 0.717) is 5.75 Å². The molecule has 96 valence electrons. The fourth-order valence-electron chi connectivity index (χ4n) is 1.70. The van der Waals surface area contributed by atoms with Crippen LogP contribution in [0.4, 0.5) is 0 Å². The van der Waals surface area contributed by atoms with Crippen LogP contribution >= 0.6 is 11.8 Å². The zero-order chi connectivity index (χ0) is 13.8. The molecule has 2 aromatic rings. The van der Waals surface area contributed by atoms with Crippen LogP contribution in [0.25, 0.3) is 0 Å². The van der Waals surface area contributed by atoms with E-state index in [9.17, 15) is 0 Å². The average Bonchev–Trinajstić information content (AvgIpc) is 2.42. The summed E-state index contributed by atoms with van der Waals surface area (Å²) in [6.07, 6.45) is 0. The molecule has 0 atom stereocenters. The molecule has 0 saturated heterocycles. The fourth-order valence-corrected chi connectivity index (χ4v) is 2.64. The summed E-state index contributed by atoms with van der Waals surface area (Å²) in [6.45, 7) is 6.03. The molecule has 1 aromatic heterocycles. The summed E-state index contributed by atoms with van der Waals surface area (Å²) in [5.41, 5.74) is 4.92. The minimum Gasteiger partial charge on any atom is -0.228 e. The van der Waals surface area contributed by atoms with Gasteiger partial charge in [-0.15, -0.1) is 0 Å². The van der Waals surface area contributed by atoms with Crippen LogP contribution in [0.15, 0.2) is 29.4 Å². The van der Waals surface area contributed by atoms with Crippen molar-refractivity contribution in [3.8, 4) is 6.07 Å². The monoisotopic (exact) mass is 269 g/mol. The highest BCUT2D eigenvalue weighted by atomic mass is 32.2. The van der Waals surface area contributed by atoms with Gasteiger partial charge in [-0.1, -0.05) is 30.0 Å². The molecule has 1 aromatic carbocycles. The van der Waals surface area contributed by atoms with Crippen LogP contribution in [0, 0.1) is 32.1 Å². The summed E-state index contributed by atoms with van der Waals surface area (Å²) in [6, 6.07) is 9.84. The maximum absolute atomic E-state index is 9.05. The van der Waals surface area contributed by atoms with Gasteiger partial charge >= 0.3 is 0 Å². The molecule has 19 heavy (non-hydrogen) atoms. The van der Waals surface area contributed by atoms with Gasteiger partial charge in [0.25, 0.3) is 0 Å². The van der Waals surface area contributed by atoms with E-state index < -0.39 is 0 Å². The highest BCUT2D eigenvalue weighted by molar-refractivity contribution is 7.98. The van der Waals surface area contributed by atoms with Crippen molar-refractivity contribution in [1.29, 1.82) is 5.26 Å². The van der Waals surface area contributed by atoms with Crippen molar-refractivity contribution in [2.45, 2.75) is 31.7 Å². The van der Waals surface area contributed by atoms with Gasteiger partial charge in [0.15, 0.2) is 5.16 Å². The number of hydrogen-bond donors (Lipinski definition) is 0. The smallest absolute Gasteiger partial charge is 0.188 e. The number of aromatic nitrogens is 2. The molecule has 0 amide bonds. The Balaban J connectivity index is 2.17. The van der Waals surface area contributed by atoms with Crippen LogP contribution in [0.2, 0.25) is 0 Å². The molecule has 0 aliphatic rings. The number of rotatable bonds is 3. The van der Waals surface area contributed by atoms with Crippen molar-refractivity contribution in [1.82, 2.24) is 9.97 Å². The molecule has 2 rings (SSSR count). The Morgan fingerprint density at radius 1 is 1.11 bits per heavy atom. The lowest BCUT2D eigenvalue weighted by Gasteiger charge is -2.07. The van der Waals surface area contributed by atoms with Gasteiger partial charge in [-0.3, -0.25) is 0 Å². The number of nitriles is 1. The maximum Gasteiger partial charge on any atom is 0.188 e. The Hall–Kier alpha value is -1.86. The molecule has 0 saturated carbocycles. The van der Waals surface area contributed by atoms with Gasteiger partial charge in [0.2, 0.25) is 0 Å². The van der Waals surface area contributed by atoms with Gasteiger partial charge in [-0.05, 0) is 38.0 Å². The van der Waals surface area contributed by atoms with Gasteiger partial charge in [0.1, 0.15) is 0 Å². The molecular weight excluding hydrogens is 254 g/mol. The minimum absolute atomic E-state index is 0.714. The van der Waals surface area contributed by atoms with Crippen LogP contribution in [-0.2, 0) is 5.75 Å². The largest absolute Gasteiger partial charge is 0.228 e. The van der Waals surface area contributed by atoms with Crippen molar-refractivity contribution in [2.75, 3.05) is 0 Å². The summed E-state index contributed by atoms with van der Waals surface area (Å²) in [5, 5.41) is 9.82. The Labute approximate surface area is 117 Å². The number of hydrogen-bond acceptors (Lipinski definition) is 4. The summed E-state index contributed by atoms with van der Waals surface area (Å²) in [7, 11) is 0. The van der Waals surface area contributed by atoms with Gasteiger partial charge in [-0.2, -0.15) is 5.26 Å². The third kappa shape index (κ3) is 3.12. The first kappa shape index (κ1) is 13.6. The molecule has 0 unspecified atom stereocenters. The Morgan fingerprint density at radius 2 is 1.74 bits per heavy atom. The molecule has 0 fully saturated rings. The second-order valence-corrected chi connectivity index (χ2v) is 5.30. The van der Waals surface area contributed by atoms with Crippen molar-refractivity contribution >= 4 is 11.8 Å². The lowest BCUT2D eigenvalue weighted by atomic mass is 10.1. The van der Waals surface area contributed by atoms with Crippen LogP contribution in [0.3, 0.4) is 0 Å². The van der Waals surface area contributed by atoms with E-state index in [1.807, 2.05) is 45.0 Å². The molecular formula is C15H15N3S. The van der Waals surface area contributed by atoms with Crippen LogP contribution in [-0.4, -0.2) is 9.97 Å². The third-order valence-corrected chi connectivity index (χ3v) is 4.00. The zero-order valence-corrected chi connectivity index (χ0v) is 12.1. The van der Waals surface area contributed by atoms with Gasteiger partial charge in [-0.25, -0.2) is 9.97 Å². The number of aryl methyl sites for hydroxylation is 2. The topological polar surface area (TPSA) is 49.6 Å². The second kappa shape index (κ2) is 5.85. The molecule has 1 heterocycles. The first-order valence-electron chi connectivity index (χ1n) is 6.04. The van der Waals surface area contributed by atoms with Crippen molar-refractivity contribution in [3.63, 3.8) is 0 Å². The first-order chi connectivity index (χ1) is 9.11. The summed E-state index contributed by atoms with van der Waals surface area (Å²) in [5.74, 6) is 0.714. The van der Waals surface area contributed by atoms with E-state index in [1.165, 1.54) is 0 Å². The summed E-state index contributed by atoms with van der Waals surface area (Å²) in [4.78, 5) is 8.95. The van der Waals surface area contributed by atoms with Gasteiger partial charge in [0, 0.05) is 17.1 Å². The van der Waals surface area contributed by atoms with Crippen molar-refractivity contribution in [3.05, 3.63) is 52.3 Å². The minimum atomic E-state index is 0.714. The Bertz CT molecular complexity index is 621. The summed E-state index contributed by atoms with van der Waals surface area (Å²) >= 11 is 1.57. The maximum atomic E-state index is 9.05. The molecule has 0 spiro atoms. The van der Waals surface area contributed by atoms with Gasteiger partial charge in [0.05, 0.1) is 11.6 Å². The number of benzene rings is 1. The lowest BCUT2D eigenvalue weighted by Crippen LogP contribution is -1.98. The van der Waals surface area contributed by atoms with Crippen molar-refractivity contribution in [2.24, 2.45) is 0 Å². The normalized spacial score (nSPS) is 10.2. The molecule has 0 aliphatic heterocycles. The van der Waals surface area contributed by atoms with E-state index >= 15 is 0 Å². The van der Waals surface area contributed by atoms with E-state index in [4.69, 9.17) is 5.26 Å². The molecule has 4 heteroatoms. The molecule has 0 radical (unpaired) electrons. The number of nitrogens with zero attached hydrogens (tertiary/aromatic N) is 3. The van der Waals surface area contributed by atoms with Gasteiger partial charge < -0.3 is 0 Å². The highest BCUT2D eigenvalue weighted by Gasteiger charge is 2.07. The Kier molecular flexibility index (Phi) is 4.18. The predicted octanol–water partition coefficient (Wildman–Crippen LogP) is 3.57. The van der Waals surface area contributed by atoms with Crippen molar-refractivity contribution < 1.29 is 0 Å². The van der Waals surface area contributed by atoms with Crippen LogP contribution in [0.1, 0.15) is 28.1 Å². The third-order valence-electron chi connectivity index (χ3n) is 3.11. The standard InChI is InChI=1S/C15H15N3S/c1-10-11(2)17-15(18-12(10)3)19-9-14-7-5-4-6-13(14)8-16/h4-7H,9H2,1-3H3. The SMILES string of the molecule is Cc1nc(SCc2ccccc2C#N)nc(C)c1C. The molecule has 0 N–H and O–H groups in total. The Morgan fingerprint density at radius 3 is 2.37 bits per heavy atom. The highest BCUT2D eigenvalue weighted by Crippen LogP contribution is 2.23. The number of thioether (sulfide) groups is 1. The van der Waals surface area contributed by atoms with E-state index in [1.54, 1.807) is 11.8 Å². The lowest BCUT2D eigenvalue weighted by molar-refractivity contribution is 0.880. The predicted molar refractivity (Wildman–Crippen MR) is 77.0 cm³/mol. The van der Waals surface area contributed by atoms with Crippen LogP contribution < -0.4 is 0 Å².